The second kappa shape index (κ2) is 6.46. The van der Waals surface area contributed by atoms with Gasteiger partial charge in [-0.05, 0) is 30.4 Å². The fourth-order valence-electron chi connectivity index (χ4n) is 1.62. The standard InChI is InChI=1S/C14H18BrF2NO/c1-9-4-5-10(16)11(12(9)17)13(19)18-8-14(2,3)6-7-15/h4-5H,6-8H2,1-3H3,(H,18,19). The van der Waals surface area contributed by atoms with Gasteiger partial charge >= 0.3 is 0 Å². The van der Waals surface area contributed by atoms with Gasteiger partial charge < -0.3 is 5.32 Å². The van der Waals surface area contributed by atoms with Gasteiger partial charge in [0, 0.05) is 11.9 Å². The molecule has 0 atom stereocenters. The SMILES string of the molecule is Cc1ccc(F)c(C(=O)NCC(C)(C)CCBr)c1F. The number of amides is 1. The van der Waals surface area contributed by atoms with Crippen LogP contribution in [0.1, 0.15) is 36.2 Å². The summed E-state index contributed by atoms with van der Waals surface area (Å²) >= 11 is 3.34. The Morgan fingerprint density at radius 1 is 1.37 bits per heavy atom. The normalized spacial score (nSPS) is 11.5. The second-order valence-corrected chi connectivity index (χ2v) is 6.13. The predicted molar refractivity (Wildman–Crippen MR) is 75.6 cm³/mol. The molecule has 0 unspecified atom stereocenters. The van der Waals surface area contributed by atoms with E-state index in [1.54, 1.807) is 0 Å². The summed E-state index contributed by atoms with van der Waals surface area (Å²) in [6.07, 6.45) is 0.853. The molecular weight excluding hydrogens is 316 g/mol. The molecule has 0 heterocycles. The van der Waals surface area contributed by atoms with E-state index in [0.717, 1.165) is 17.8 Å². The molecule has 0 aliphatic carbocycles. The van der Waals surface area contributed by atoms with E-state index in [9.17, 15) is 13.6 Å². The Kier molecular flexibility index (Phi) is 5.47. The first-order chi connectivity index (χ1) is 8.78. The van der Waals surface area contributed by atoms with E-state index < -0.39 is 23.1 Å². The maximum atomic E-state index is 13.8. The largest absolute Gasteiger partial charge is 0.351 e. The number of benzene rings is 1. The van der Waals surface area contributed by atoms with Crippen molar-refractivity contribution in [1.29, 1.82) is 0 Å². The Morgan fingerprint density at radius 3 is 2.58 bits per heavy atom. The number of rotatable bonds is 5. The van der Waals surface area contributed by atoms with Crippen LogP contribution in [0.25, 0.3) is 0 Å². The van der Waals surface area contributed by atoms with Crippen LogP contribution < -0.4 is 5.32 Å². The Bertz CT molecular complexity index is 475. The summed E-state index contributed by atoms with van der Waals surface area (Å²) in [7, 11) is 0. The van der Waals surface area contributed by atoms with Crippen molar-refractivity contribution in [2.24, 2.45) is 5.41 Å². The molecule has 1 aromatic rings. The van der Waals surface area contributed by atoms with Crippen LogP contribution >= 0.6 is 15.9 Å². The van der Waals surface area contributed by atoms with Crippen LogP contribution in [0.2, 0.25) is 0 Å². The zero-order chi connectivity index (χ0) is 14.6. The Morgan fingerprint density at radius 2 is 2.00 bits per heavy atom. The fourth-order valence-corrected chi connectivity index (χ4v) is 2.69. The summed E-state index contributed by atoms with van der Waals surface area (Å²) in [5.41, 5.74) is -0.378. The monoisotopic (exact) mass is 333 g/mol. The maximum Gasteiger partial charge on any atom is 0.257 e. The van der Waals surface area contributed by atoms with Gasteiger partial charge in [0.2, 0.25) is 0 Å². The van der Waals surface area contributed by atoms with Crippen LogP contribution in [-0.2, 0) is 0 Å². The van der Waals surface area contributed by atoms with Gasteiger partial charge in [0.1, 0.15) is 17.2 Å². The Hall–Kier alpha value is -0.970. The number of hydrogen-bond donors (Lipinski definition) is 1. The van der Waals surface area contributed by atoms with Crippen LogP contribution in [0.5, 0.6) is 0 Å². The van der Waals surface area contributed by atoms with Crippen LogP contribution in [0.15, 0.2) is 12.1 Å². The Balaban J connectivity index is 2.83. The average molecular weight is 334 g/mol. The van der Waals surface area contributed by atoms with E-state index in [-0.39, 0.29) is 11.0 Å². The van der Waals surface area contributed by atoms with Crippen LogP contribution in [0.3, 0.4) is 0 Å². The molecule has 1 rings (SSSR count). The van der Waals surface area contributed by atoms with Crippen molar-refractivity contribution in [2.75, 3.05) is 11.9 Å². The molecule has 0 saturated heterocycles. The number of alkyl halides is 1. The van der Waals surface area contributed by atoms with Gasteiger partial charge in [-0.3, -0.25) is 4.79 Å². The molecule has 0 bridgehead atoms. The summed E-state index contributed by atoms with van der Waals surface area (Å²) in [6.45, 7) is 5.83. The quantitative estimate of drug-likeness (QED) is 0.815. The molecule has 0 aliphatic heterocycles. The molecule has 5 heteroatoms. The number of carbonyl (C=O) groups excluding carboxylic acids is 1. The molecule has 1 N–H and O–H groups in total. The van der Waals surface area contributed by atoms with E-state index in [1.165, 1.54) is 13.0 Å². The van der Waals surface area contributed by atoms with Crippen molar-refractivity contribution in [3.05, 3.63) is 34.9 Å². The Labute approximate surface area is 120 Å². The number of hydrogen-bond acceptors (Lipinski definition) is 1. The highest BCUT2D eigenvalue weighted by Crippen LogP contribution is 2.21. The van der Waals surface area contributed by atoms with Crippen LogP contribution in [-0.4, -0.2) is 17.8 Å². The van der Waals surface area contributed by atoms with E-state index in [1.807, 2.05) is 13.8 Å². The lowest BCUT2D eigenvalue weighted by Crippen LogP contribution is -2.35. The first-order valence-electron chi connectivity index (χ1n) is 6.07. The highest BCUT2D eigenvalue weighted by Gasteiger charge is 2.22. The predicted octanol–water partition coefficient (Wildman–Crippen LogP) is 3.81. The van der Waals surface area contributed by atoms with Crippen LogP contribution in [0, 0.1) is 24.0 Å². The number of carbonyl (C=O) groups is 1. The molecule has 19 heavy (non-hydrogen) atoms. The highest BCUT2D eigenvalue weighted by molar-refractivity contribution is 9.09. The number of halogens is 3. The zero-order valence-corrected chi connectivity index (χ0v) is 12.9. The van der Waals surface area contributed by atoms with Gasteiger partial charge in [0.15, 0.2) is 0 Å². The van der Waals surface area contributed by atoms with Gasteiger partial charge in [0.05, 0.1) is 0 Å². The van der Waals surface area contributed by atoms with Crippen molar-refractivity contribution in [1.82, 2.24) is 5.32 Å². The third kappa shape index (κ3) is 4.27. The van der Waals surface area contributed by atoms with Crippen molar-refractivity contribution in [3.8, 4) is 0 Å². The molecule has 0 aromatic heterocycles. The molecule has 0 spiro atoms. The van der Waals surface area contributed by atoms with Crippen molar-refractivity contribution < 1.29 is 13.6 Å². The van der Waals surface area contributed by atoms with Crippen molar-refractivity contribution in [2.45, 2.75) is 27.2 Å². The third-order valence-electron chi connectivity index (χ3n) is 3.01. The topological polar surface area (TPSA) is 29.1 Å². The van der Waals surface area contributed by atoms with E-state index in [0.29, 0.717) is 6.54 Å². The van der Waals surface area contributed by atoms with E-state index >= 15 is 0 Å². The van der Waals surface area contributed by atoms with Gasteiger partial charge in [-0.2, -0.15) is 0 Å². The van der Waals surface area contributed by atoms with Crippen LogP contribution in [0.4, 0.5) is 8.78 Å². The number of aryl methyl sites for hydroxylation is 1. The summed E-state index contributed by atoms with van der Waals surface area (Å²) in [4.78, 5) is 11.9. The summed E-state index contributed by atoms with van der Waals surface area (Å²) in [5.74, 6) is -2.34. The van der Waals surface area contributed by atoms with Gasteiger partial charge in [-0.1, -0.05) is 35.8 Å². The van der Waals surface area contributed by atoms with Gasteiger partial charge in [-0.25, -0.2) is 8.78 Å². The second-order valence-electron chi connectivity index (χ2n) is 5.34. The molecule has 106 valence electrons. The third-order valence-corrected chi connectivity index (χ3v) is 3.41. The molecule has 1 amide bonds. The smallest absolute Gasteiger partial charge is 0.257 e. The molecule has 1 aromatic carbocycles. The molecule has 0 aliphatic rings. The van der Waals surface area contributed by atoms with Crippen molar-refractivity contribution >= 4 is 21.8 Å². The lowest BCUT2D eigenvalue weighted by Gasteiger charge is -2.24. The van der Waals surface area contributed by atoms with Crippen molar-refractivity contribution in [3.63, 3.8) is 0 Å². The highest BCUT2D eigenvalue weighted by atomic mass is 79.9. The lowest BCUT2D eigenvalue weighted by atomic mass is 9.90. The molecule has 0 radical (unpaired) electrons. The van der Waals surface area contributed by atoms with E-state index in [4.69, 9.17) is 0 Å². The zero-order valence-electron chi connectivity index (χ0n) is 11.3. The number of nitrogens with one attached hydrogen (secondary N) is 1. The lowest BCUT2D eigenvalue weighted by molar-refractivity contribution is 0.0927. The molecular formula is C14H18BrF2NO. The maximum absolute atomic E-state index is 13.8. The average Bonchev–Trinajstić information content (AvgIpc) is 2.32. The summed E-state index contributed by atoms with van der Waals surface area (Å²) in [6, 6.07) is 2.42. The molecule has 0 saturated carbocycles. The first-order valence-corrected chi connectivity index (χ1v) is 7.19. The minimum Gasteiger partial charge on any atom is -0.351 e. The summed E-state index contributed by atoms with van der Waals surface area (Å²) in [5, 5.41) is 3.40. The first kappa shape index (κ1) is 16.1. The molecule has 2 nitrogen and oxygen atoms in total. The summed E-state index contributed by atoms with van der Waals surface area (Å²) < 4.78 is 27.3. The molecule has 0 fully saturated rings. The minimum atomic E-state index is -0.834. The fraction of sp³-hybridized carbons (Fsp3) is 0.500. The van der Waals surface area contributed by atoms with Gasteiger partial charge in [-0.15, -0.1) is 0 Å². The van der Waals surface area contributed by atoms with E-state index in [2.05, 4.69) is 21.2 Å². The minimum absolute atomic E-state index is 0.129. The van der Waals surface area contributed by atoms with Gasteiger partial charge in [0.25, 0.3) is 5.91 Å².